The number of nitrogens with one attached hydrogen (secondary N) is 2. The average molecular weight is 338 g/mol. The first-order valence-electron chi connectivity index (χ1n) is 7.81. The molecule has 0 aliphatic carbocycles. The Morgan fingerprint density at radius 3 is 2.68 bits per heavy atom. The van der Waals surface area contributed by atoms with Crippen molar-refractivity contribution in [2.24, 2.45) is 10.9 Å². The SMILES string of the molecule is CN=C(NCC1CCN(CC(F)(F)F)C1)NCC1CCCS1. The van der Waals surface area contributed by atoms with Gasteiger partial charge in [0.05, 0.1) is 6.54 Å². The van der Waals surface area contributed by atoms with Crippen LogP contribution in [0.2, 0.25) is 0 Å². The third-order valence-corrected chi connectivity index (χ3v) is 5.47. The summed E-state index contributed by atoms with van der Waals surface area (Å²) in [5.74, 6) is 2.23. The van der Waals surface area contributed by atoms with E-state index in [1.165, 1.54) is 23.5 Å². The summed E-state index contributed by atoms with van der Waals surface area (Å²) in [4.78, 5) is 5.66. The smallest absolute Gasteiger partial charge is 0.356 e. The Balaban J connectivity index is 1.64. The van der Waals surface area contributed by atoms with Crippen LogP contribution in [-0.4, -0.2) is 67.8 Å². The number of halogens is 3. The lowest BCUT2D eigenvalue weighted by Crippen LogP contribution is -2.42. The maximum absolute atomic E-state index is 12.4. The fourth-order valence-electron chi connectivity index (χ4n) is 2.95. The number of hydrogen-bond acceptors (Lipinski definition) is 3. The van der Waals surface area contributed by atoms with Crippen molar-refractivity contribution in [1.29, 1.82) is 0 Å². The monoisotopic (exact) mass is 338 g/mol. The first-order valence-corrected chi connectivity index (χ1v) is 8.86. The van der Waals surface area contributed by atoms with E-state index in [2.05, 4.69) is 15.6 Å². The van der Waals surface area contributed by atoms with Crippen LogP contribution in [0.4, 0.5) is 13.2 Å². The van der Waals surface area contributed by atoms with Crippen LogP contribution < -0.4 is 10.6 Å². The predicted octanol–water partition coefficient (Wildman–Crippen LogP) is 1.93. The summed E-state index contributed by atoms with van der Waals surface area (Å²) in [6.07, 6.45) is -0.777. The standard InChI is InChI=1S/C14H25F3N4S/c1-18-13(20-8-12-3-2-6-22-12)19-7-11-4-5-21(9-11)10-14(15,16)17/h11-12H,2-10H2,1H3,(H2,18,19,20). The van der Waals surface area contributed by atoms with Crippen molar-refractivity contribution < 1.29 is 13.2 Å². The molecule has 0 aromatic carbocycles. The minimum atomic E-state index is -4.10. The van der Waals surface area contributed by atoms with E-state index in [9.17, 15) is 13.2 Å². The van der Waals surface area contributed by atoms with Crippen LogP contribution in [0.25, 0.3) is 0 Å². The van der Waals surface area contributed by atoms with Crippen molar-refractivity contribution in [3.8, 4) is 0 Å². The molecule has 0 amide bonds. The Morgan fingerprint density at radius 2 is 2.05 bits per heavy atom. The summed E-state index contributed by atoms with van der Waals surface area (Å²) in [5.41, 5.74) is 0. The van der Waals surface area contributed by atoms with Crippen LogP contribution in [0.15, 0.2) is 4.99 Å². The van der Waals surface area contributed by atoms with Gasteiger partial charge in [-0.15, -0.1) is 0 Å². The van der Waals surface area contributed by atoms with Crippen LogP contribution in [-0.2, 0) is 0 Å². The van der Waals surface area contributed by atoms with Crippen molar-refractivity contribution >= 4 is 17.7 Å². The number of aliphatic imine (C=N–C) groups is 1. The Morgan fingerprint density at radius 1 is 1.27 bits per heavy atom. The molecule has 0 saturated carbocycles. The molecule has 2 rings (SSSR count). The van der Waals surface area contributed by atoms with Gasteiger partial charge < -0.3 is 10.6 Å². The van der Waals surface area contributed by atoms with Gasteiger partial charge in [0.1, 0.15) is 0 Å². The van der Waals surface area contributed by atoms with Crippen LogP contribution in [0.3, 0.4) is 0 Å². The van der Waals surface area contributed by atoms with Gasteiger partial charge in [-0.1, -0.05) is 0 Å². The maximum Gasteiger partial charge on any atom is 0.401 e. The number of likely N-dealkylation sites (tertiary alicyclic amines) is 1. The second kappa shape index (κ2) is 8.29. The second-order valence-corrected chi connectivity index (χ2v) is 7.38. The predicted molar refractivity (Wildman–Crippen MR) is 85.4 cm³/mol. The van der Waals surface area contributed by atoms with Gasteiger partial charge in [0.15, 0.2) is 5.96 Å². The van der Waals surface area contributed by atoms with Gasteiger partial charge in [-0.05, 0) is 37.5 Å². The highest BCUT2D eigenvalue weighted by Crippen LogP contribution is 2.25. The third-order valence-electron chi connectivity index (χ3n) is 4.08. The molecule has 2 unspecified atom stereocenters. The second-order valence-electron chi connectivity index (χ2n) is 5.97. The van der Waals surface area contributed by atoms with E-state index in [-0.39, 0.29) is 5.92 Å². The van der Waals surface area contributed by atoms with Gasteiger partial charge in [0.25, 0.3) is 0 Å². The minimum absolute atomic E-state index is 0.252. The summed E-state index contributed by atoms with van der Waals surface area (Å²) in [6.45, 7) is 1.80. The Bertz CT molecular complexity index is 370. The molecule has 2 aliphatic rings. The van der Waals surface area contributed by atoms with Gasteiger partial charge in [-0.2, -0.15) is 24.9 Å². The van der Waals surface area contributed by atoms with E-state index in [1.54, 1.807) is 7.05 Å². The van der Waals surface area contributed by atoms with Gasteiger partial charge in [0, 0.05) is 31.9 Å². The Labute approximate surface area is 134 Å². The molecule has 0 radical (unpaired) electrons. The molecule has 4 nitrogen and oxygen atoms in total. The molecular weight excluding hydrogens is 313 g/mol. The highest BCUT2D eigenvalue weighted by Gasteiger charge is 2.34. The number of thioether (sulfide) groups is 1. The molecule has 2 heterocycles. The molecule has 0 spiro atoms. The van der Waals surface area contributed by atoms with E-state index < -0.39 is 12.7 Å². The van der Waals surface area contributed by atoms with Crippen molar-refractivity contribution in [2.75, 3.05) is 45.5 Å². The highest BCUT2D eigenvalue weighted by atomic mass is 32.2. The largest absolute Gasteiger partial charge is 0.401 e. The topological polar surface area (TPSA) is 39.7 Å². The molecule has 2 atom stereocenters. The van der Waals surface area contributed by atoms with Crippen LogP contribution in [0.5, 0.6) is 0 Å². The molecule has 0 bridgehead atoms. The summed E-state index contributed by atoms with van der Waals surface area (Å²) < 4.78 is 37.1. The lowest BCUT2D eigenvalue weighted by molar-refractivity contribution is -0.143. The molecule has 0 aromatic rings. The van der Waals surface area contributed by atoms with Gasteiger partial charge >= 0.3 is 6.18 Å². The van der Waals surface area contributed by atoms with Crippen molar-refractivity contribution in [2.45, 2.75) is 30.7 Å². The molecule has 2 saturated heterocycles. The number of guanidine groups is 1. The quantitative estimate of drug-likeness (QED) is 0.594. The lowest BCUT2D eigenvalue weighted by atomic mass is 10.1. The van der Waals surface area contributed by atoms with Gasteiger partial charge in [0.2, 0.25) is 0 Å². The normalized spacial score (nSPS) is 27.4. The molecule has 8 heteroatoms. The number of hydrogen-bond donors (Lipinski definition) is 2. The lowest BCUT2D eigenvalue weighted by Gasteiger charge is -2.19. The van der Waals surface area contributed by atoms with E-state index >= 15 is 0 Å². The zero-order valence-electron chi connectivity index (χ0n) is 13.0. The maximum atomic E-state index is 12.4. The molecule has 22 heavy (non-hydrogen) atoms. The number of rotatable bonds is 5. The molecule has 2 aliphatic heterocycles. The summed E-state index contributed by atoms with van der Waals surface area (Å²) in [6, 6.07) is 0. The van der Waals surface area contributed by atoms with Gasteiger partial charge in [-0.3, -0.25) is 9.89 Å². The van der Waals surface area contributed by atoms with Crippen LogP contribution >= 0.6 is 11.8 Å². The fraction of sp³-hybridized carbons (Fsp3) is 0.929. The van der Waals surface area contributed by atoms with E-state index in [4.69, 9.17) is 0 Å². The summed E-state index contributed by atoms with van der Waals surface area (Å²) >= 11 is 1.99. The Kier molecular flexibility index (Phi) is 6.67. The molecular formula is C14H25F3N4S. The highest BCUT2D eigenvalue weighted by molar-refractivity contribution is 8.00. The van der Waals surface area contributed by atoms with Crippen molar-refractivity contribution in [3.05, 3.63) is 0 Å². The molecule has 2 N–H and O–H groups in total. The Hall–Kier alpha value is -0.630. The van der Waals surface area contributed by atoms with Crippen LogP contribution in [0, 0.1) is 5.92 Å². The van der Waals surface area contributed by atoms with E-state index in [0.29, 0.717) is 24.9 Å². The first-order chi connectivity index (χ1) is 10.5. The molecule has 128 valence electrons. The summed E-state index contributed by atoms with van der Waals surface area (Å²) in [7, 11) is 1.72. The van der Waals surface area contributed by atoms with Crippen molar-refractivity contribution in [1.82, 2.24) is 15.5 Å². The van der Waals surface area contributed by atoms with Crippen molar-refractivity contribution in [3.63, 3.8) is 0 Å². The third kappa shape index (κ3) is 6.24. The first kappa shape index (κ1) is 17.7. The summed E-state index contributed by atoms with van der Waals surface area (Å²) in [5, 5.41) is 7.20. The number of alkyl halides is 3. The van der Waals surface area contributed by atoms with E-state index in [1.807, 2.05) is 11.8 Å². The minimum Gasteiger partial charge on any atom is -0.356 e. The van der Waals surface area contributed by atoms with E-state index in [0.717, 1.165) is 18.9 Å². The number of nitrogens with zero attached hydrogens (tertiary/aromatic N) is 2. The van der Waals surface area contributed by atoms with Crippen LogP contribution in [0.1, 0.15) is 19.3 Å². The molecule has 0 aromatic heterocycles. The zero-order chi connectivity index (χ0) is 16.0. The molecule has 2 fully saturated rings. The van der Waals surface area contributed by atoms with Gasteiger partial charge in [-0.25, -0.2) is 0 Å². The average Bonchev–Trinajstić information content (AvgIpc) is 3.09. The fourth-order valence-corrected chi connectivity index (χ4v) is 4.16. The zero-order valence-corrected chi connectivity index (χ0v) is 13.8.